The second kappa shape index (κ2) is 5.69. The third kappa shape index (κ3) is 3.11. The molecule has 0 saturated carbocycles. The van der Waals surface area contributed by atoms with Crippen molar-refractivity contribution in [2.75, 3.05) is 31.7 Å². The summed E-state index contributed by atoms with van der Waals surface area (Å²) in [5.74, 6) is 2.23. The third-order valence-electron chi connectivity index (χ3n) is 3.17. The van der Waals surface area contributed by atoms with E-state index in [1.165, 1.54) is 6.42 Å². The number of aryl methyl sites for hydroxylation is 1. The van der Waals surface area contributed by atoms with Crippen molar-refractivity contribution in [1.29, 1.82) is 0 Å². The maximum Gasteiger partial charge on any atom is 0.129 e. The Morgan fingerprint density at radius 2 is 2.35 bits per heavy atom. The Labute approximate surface area is 108 Å². The molecule has 1 aliphatic rings. The van der Waals surface area contributed by atoms with Crippen LogP contribution in [0.2, 0.25) is 0 Å². The van der Waals surface area contributed by atoms with Gasteiger partial charge in [-0.3, -0.25) is 0 Å². The van der Waals surface area contributed by atoms with Gasteiger partial charge in [-0.2, -0.15) is 0 Å². The fourth-order valence-electron chi connectivity index (χ4n) is 2.37. The average Bonchev–Trinajstić information content (AvgIpc) is 2.77. The van der Waals surface area contributed by atoms with Gasteiger partial charge in [0, 0.05) is 37.7 Å². The normalized spacial score (nSPS) is 19.9. The summed E-state index contributed by atoms with van der Waals surface area (Å²) in [6.07, 6.45) is 1.18. The van der Waals surface area contributed by atoms with Gasteiger partial charge in [0.15, 0.2) is 0 Å². The largest absolute Gasteiger partial charge is 0.384 e. The number of rotatable bonds is 4. The summed E-state index contributed by atoms with van der Waals surface area (Å²) in [5.41, 5.74) is 2.18. The predicted octanol–water partition coefficient (Wildman–Crippen LogP) is 2.60. The molecule has 0 aliphatic carbocycles. The molecule has 1 fully saturated rings. The average molecular weight is 255 g/mol. The maximum atomic E-state index is 5.89. The van der Waals surface area contributed by atoms with Crippen LogP contribution in [-0.2, 0) is 10.6 Å². The van der Waals surface area contributed by atoms with E-state index in [9.17, 15) is 0 Å². The van der Waals surface area contributed by atoms with E-state index < -0.39 is 0 Å². The van der Waals surface area contributed by atoms with Gasteiger partial charge in [-0.05, 0) is 31.0 Å². The zero-order valence-electron chi connectivity index (χ0n) is 10.4. The molecule has 1 unspecified atom stereocenters. The molecule has 0 bridgehead atoms. The molecule has 1 saturated heterocycles. The maximum absolute atomic E-state index is 5.89. The van der Waals surface area contributed by atoms with Crippen LogP contribution in [0.3, 0.4) is 0 Å². The molecule has 0 radical (unpaired) electrons. The molecular weight excluding hydrogens is 236 g/mol. The quantitative estimate of drug-likeness (QED) is 0.773. The lowest BCUT2D eigenvalue weighted by atomic mass is 10.1. The molecule has 17 heavy (non-hydrogen) atoms. The number of methoxy groups -OCH3 is 1. The van der Waals surface area contributed by atoms with Gasteiger partial charge in [-0.1, -0.05) is 0 Å². The van der Waals surface area contributed by atoms with Crippen molar-refractivity contribution in [2.24, 2.45) is 5.92 Å². The van der Waals surface area contributed by atoms with Gasteiger partial charge in [0.05, 0.1) is 6.61 Å². The standard InChI is InChI=1S/C13H19ClN2O/c1-10-5-12(7-14)6-13(15-10)16-4-3-11(8-16)9-17-2/h5-6,11H,3-4,7-9H2,1-2H3. The van der Waals surface area contributed by atoms with E-state index in [1.807, 2.05) is 13.0 Å². The Hall–Kier alpha value is -0.800. The summed E-state index contributed by atoms with van der Waals surface area (Å²) >= 11 is 5.89. The Kier molecular flexibility index (Phi) is 4.24. The lowest BCUT2D eigenvalue weighted by Crippen LogP contribution is -2.22. The molecule has 3 nitrogen and oxygen atoms in total. The van der Waals surface area contributed by atoms with Crippen molar-refractivity contribution in [1.82, 2.24) is 4.98 Å². The van der Waals surface area contributed by atoms with E-state index in [4.69, 9.17) is 16.3 Å². The summed E-state index contributed by atoms with van der Waals surface area (Å²) in [4.78, 5) is 6.91. The first-order valence-corrected chi connectivity index (χ1v) is 6.53. The van der Waals surface area contributed by atoms with Crippen molar-refractivity contribution >= 4 is 17.4 Å². The van der Waals surface area contributed by atoms with Crippen LogP contribution < -0.4 is 4.90 Å². The van der Waals surface area contributed by atoms with Gasteiger partial charge in [-0.15, -0.1) is 11.6 Å². The number of pyridine rings is 1. The summed E-state index contributed by atoms with van der Waals surface area (Å²) < 4.78 is 5.21. The predicted molar refractivity (Wildman–Crippen MR) is 70.7 cm³/mol. The Morgan fingerprint density at radius 3 is 3.06 bits per heavy atom. The number of halogens is 1. The van der Waals surface area contributed by atoms with E-state index >= 15 is 0 Å². The van der Waals surface area contributed by atoms with Crippen molar-refractivity contribution < 1.29 is 4.74 Å². The van der Waals surface area contributed by atoms with Crippen molar-refractivity contribution in [3.8, 4) is 0 Å². The van der Waals surface area contributed by atoms with Crippen molar-refractivity contribution in [3.63, 3.8) is 0 Å². The second-order valence-corrected chi connectivity index (χ2v) is 4.93. The van der Waals surface area contributed by atoms with Gasteiger partial charge in [0.25, 0.3) is 0 Å². The van der Waals surface area contributed by atoms with Crippen molar-refractivity contribution in [2.45, 2.75) is 19.2 Å². The van der Waals surface area contributed by atoms with Crippen LogP contribution in [0.4, 0.5) is 5.82 Å². The highest BCUT2D eigenvalue weighted by atomic mass is 35.5. The Morgan fingerprint density at radius 1 is 1.53 bits per heavy atom. The SMILES string of the molecule is COCC1CCN(c2cc(CCl)cc(C)n2)C1. The van der Waals surface area contributed by atoms with Crippen LogP contribution in [0.1, 0.15) is 17.7 Å². The number of aromatic nitrogens is 1. The molecule has 2 rings (SSSR count). The fraction of sp³-hybridized carbons (Fsp3) is 0.615. The first-order chi connectivity index (χ1) is 8.22. The highest BCUT2D eigenvalue weighted by Gasteiger charge is 2.23. The van der Waals surface area contributed by atoms with Gasteiger partial charge in [-0.25, -0.2) is 4.98 Å². The highest BCUT2D eigenvalue weighted by Crippen LogP contribution is 2.24. The van der Waals surface area contributed by atoms with Crippen LogP contribution in [-0.4, -0.2) is 31.8 Å². The minimum atomic E-state index is 0.547. The lowest BCUT2D eigenvalue weighted by molar-refractivity contribution is 0.161. The first-order valence-electron chi connectivity index (χ1n) is 6.00. The minimum absolute atomic E-state index is 0.547. The summed E-state index contributed by atoms with van der Waals surface area (Å²) in [6, 6.07) is 4.13. The number of alkyl halides is 1. The zero-order chi connectivity index (χ0) is 12.3. The molecule has 1 aromatic heterocycles. The number of ether oxygens (including phenoxy) is 1. The second-order valence-electron chi connectivity index (χ2n) is 4.66. The van der Waals surface area contributed by atoms with E-state index in [2.05, 4.69) is 16.0 Å². The van der Waals surface area contributed by atoms with Crippen LogP contribution in [0.25, 0.3) is 0 Å². The molecule has 2 heterocycles. The van der Waals surface area contributed by atoms with Gasteiger partial charge < -0.3 is 9.64 Å². The molecule has 0 amide bonds. The summed E-state index contributed by atoms with van der Waals surface area (Å²) in [5, 5.41) is 0. The van der Waals surface area contributed by atoms with E-state index in [0.717, 1.165) is 36.8 Å². The molecule has 0 N–H and O–H groups in total. The van der Waals surface area contributed by atoms with E-state index in [0.29, 0.717) is 11.8 Å². The van der Waals surface area contributed by atoms with E-state index in [1.54, 1.807) is 7.11 Å². The Bertz CT molecular complexity index is 384. The van der Waals surface area contributed by atoms with Crippen molar-refractivity contribution in [3.05, 3.63) is 23.4 Å². The van der Waals surface area contributed by atoms with Crippen LogP contribution in [0.5, 0.6) is 0 Å². The zero-order valence-corrected chi connectivity index (χ0v) is 11.2. The number of anilines is 1. The lowest BCUT2D eigenvalue weighted by Gasteiger charge is -2.18. The molecule has 0 spiro atoms. The smallest absolute Gasteiger partial charge is 0.129 e. The molecule has 1 aliphatic heterocycles. The monoisotopic (exact) mass is 254 g/mol. The summed E-state index contributed by atoms with van der Waals surface area (Å²) in [6.45, 7) is 4.95. The first kappa shape index (κ1) is 12.7. The van der Waals surface area contributed by atoms with Gasteiger partial charge >= 0.3 is 0 Å². The van der Waals surface area contributed by atoms with Gasteiger partial charge in [0.1, 0.15) is 5.82 Å². The van der Waals surface area contributed by atoms with E-state index in [-0.39, 0.29) is 0 Å². The molecule has 94 valence electrons. The number of hydrogen-bond acceptors (Lipinski definition) is 3. The molecule has 1 atom stereocenters. The Balaban J connectivity index is 2.10. The number of nitrogens with zero attached hydrogens (tertiary/aromatic N) is 2. The number of hydrogen-bond donors (Lipinski definition) is 0. The highest BCUT2D eigenvalue weighted by molar-refractivity contribution is 6.17. The van der Waals surface area contributed by atoms with Crippen LogP contribution >= 0.6 is 11.6 Å². The third-order valence-corrected chi connectivity index (χ3v) is 3.47. The van der Waals surface area contributed by atoms with Gasteiger partial charge in [0.2, 0.25) is 0 Å². The van der Waals surface area contributed by atoms with Crippen LogP contribution in [0, 0.1) is 12.8 Å². The molecule has 1 aromatic rings. The molecule has 0 aromatic carbocycles. The van der Waals surface area contributed by atoms with Crippen LogP contribution in [0.15, 0.2) is 12.1 Å². The molecule has 4 heteroatoms. The fourth-order valence-corrected chi connectivity index (χ4v) is 2.53. The topological polar surface area (TPSA) is 25.4 Å². The minimum Gasteiger partial charge on any atom is -0.384 e. The summed E-state index contributed by atoms with van der Waals surface area (Å²) in [7, 11) is 1.76. The molecular formula is C13H19ClN2O.